The summed E-state index contributed by atoms with van der Waals surface area (Å²) in [5, 5.41) is 15.8. The fourth-order valence-corrected chi connectivity index (χ4v) is 3.25. The number of urea groups is 1. The highest BCUT2D eigenvalue weighted by atomic mass is 35.5. The van der Waals surface area contributed by atoms with Crippen LogP contribution in [0.4, 0.5) is 10.5 Å². The Morgan fingerprint density at radius 2 is 2.29 bits per heavy atom. The number of carbonyl (C=O) groups excluding carboxylic acids is 1. The van der Waals surface area contributed by atoms with Crippen molar-refractivity contribution in [2.45, 2.75) is 31.1 Å². The van der Waals surface area contributed by atoms with Crippen molar-refractivity contribution in [1.29, 1.82) is 0 Å². The van der Waals surface area contributed by atoms with E-state index >= 15 is 0 Å². The van der Waals surface area contributed by atoms with E-state index in [2.05, 4.69) is 10.6 Å². The Labute approximate surface area is 134 Å². The molecule has 0 aromatic heterocycles. The van der Waals surface area contributed by atoms with Crippen LogP contribution in [-0.2, 0) is 5.75 Å². The van der Waals surface area contributed by atoms with Gasteiger partial charge in [-0.3, -0.25) is 0 Å². The van der Waals surface area contributed by atoms with Crippen LogP contribution in [0.15, 0.2) is 18.2 Å². The lowest BCUT2D eigenvalue weighted by atomic mass is 10.1. The molecule has 1 saturated carbocycles. The zero-order valence-electron chi connectivity index (χ0n) is 12.1. The minimum Gasteiger partial charge on any atom is -0.393 e. The van der Waals surface area contributed by atoms with Gasteiger partial charge in [-0.05, 0) is 36.8 Å². The summed E-state index contributed by atoms with van der Waals surface area (Å²) in [4.78, 5) is 11.9. The zero-order valence-corrected chi connectivity index (χ0v) is 13.6. The van der Waals surface area contributed by atoms with Gasteiger partial charge >= 0.3 is 6.03 Å². The minimum atomic E-state index is -0.293. The van der Waals surface area contributed by atoms with Crippen LogP contribution in [0.2, 0.25) is 5.02 Å². The van der Waals surface area contributed by atoms with Gasteiger partial charge in [-0.1, -0.05) is 24.1 Å². The average molecular weight is 329 g/mol. The molecule has 0 aliphatic heterocycles. The van der Waals surface area contributed by atoms with Crippen molar-refractivity contribution in [3.8, 4) is 0 Å². The molecule has 1 fully saturated rings. The number of thioether (sulfide) groups is 1. The van der Waals surface area contributed by atoms with Crippen LogP contribution < -0.4 is 10.6 Å². The first-order valence-corrected chi connectivity index (χ1v) is 8.87. The summed E-state index contributed by atoms with van der Waals surface area (Å²) in [7, 11) is 0. The predicted molar refractivity (Wildman–Crippen MR) is 89.0 cm³/mol. The Hall–Kier alpha value is -0.910. The largest absolute Gasteiger partial charge is 0.393 e. The molecule has 0 bridgehead atoms. The van der Waals surface area contributed by atoms with Gasteiger partial charge in [0, 0.05) is 18.2 Å². The van der Waals surface area contributed by atoms with Crippen LogP contribution in [0.25, 0.3) is 0 Å². The number of hydrogen-bond acceptors (Lipinski definition) is 3. The smallest absolute Gasteiger partial charge is 0.319 e. The maximum absolute atomic E-state index is 11.9. The Kier molecular flexibility index (Phi) is 6.21. The molecule has 0 spiro atoms. The van der Waals surface area contributed by atoms with E-state index < -0.39 is 0 Å². The number of hydrogen-bond donors (Lipinski definition) is 3. The quantitative estimate of drug-likeness (QED) is 0.775. The van der Waals surface area contributed by atoms with Crippen LogP contribution in [0.5, 0.6) is 0 Å². The van der Waals surface area contributed by atoms with Crippen molar-refractivity contribution >= 4 is 35.1 Å². The summed E-state index contributed by atoms with van der Waals surface area (Å²) in [6, 6.07) is 5.36. The van der Waals surface area contributed by atoms with E-state index in [0.29, 0.717) is 17.3 Å². The third kappa shape index (κ3) is 4.80. The number of aliphatic hydroxyl groups excluding tert-OH is 1. The predicted octanol–water partition coefficient (Wildman–Crippen LogP) is 3.49. The van der Waals surface area contributed by atoms with Crippen LogP contribution >= 0.6 is 23.4 Å². The van der Waals surface area contributed by atoms with Gasteiger partial charge in [-0.15, -0.1) is 0 Å². The number of aliphatic hydroxyl groups is 1. The normalized spacial score (nSPS) is 21.3. The second-order valence-electron chi connectivity index (χ2n) is 5.34. The summed E-state index contributed by atoms with van der Waals surface area (Å²) >= 11 is 7.82. The van der Waals surface area contributed by atoms with E-state index in [1.54, 1.807) is 17.8 Å². The monoisotopic (exact) mass is 328 g/mol. The van der Waals surface area contributed by atoms with Crippen molar-refractivity contribution in [1.82, 2.24) is 5.32 Å². The maximum Gasteiger partial charge on any atom is 0.319 e. The van der Waals surface area contributed by atoms with Crippen LogP contribution in [0.1, 0.15) is 24.8 Å². The van der Waals surface area contributed by atoms with Gasteiger partial charge < -0.3 is 15.7 Å². The Balaban J connectivity index is 1.88. The van der Waals surface area contributed by atoms with E-state index in [9.17, 15) is 9.90 Å². The summed E-state index contributed by atoms with van der Waals surface area (Å²) in [5.41, 5.74) is 1.74. The lowest BCUT2D eigenvalue weighted by molar-refractivity contribution is 0.133. The minimum absolute atomic E-state index is 0.161. The molecular formula is C15H21ClN2O2S. The van der Waals surface area contributed by atoms with Crippen molar-refractivity contribution in [3.05, 3.63) is 28.8 Å². The molecule has 6 heteroatoms. The molecule has 2 rings (SSSR count). The molecule has 21 heavy (non-hydrogen) atoms. The highest BCUT2D eigenvalue weighted by Gasteiger charge is 2.25. The molecular weight excluding hydrogens is 308 g/mol. The van der Waals surface area contributed by atoms with Crippen molar-refractivity contribution < 1.29 is 9.90 Å². The number of carbonyl (C=O) groups is 1. The number of nitrogens with one attached hydrogen (secondary N) is 2. The number of anilines is 1. The molecule has 0 radical (unpaired) electrons. The first-order valence-electron chi connectivity index (χ1n) is 7.10. The van der Waals surface area contributed by atoms with Gasteiger partial charge in [0.1, 0.15) is 0 Å². The first-order chi connectivity index (χ1) is 10.1. The molecule has 1 aromatic rings. The number of amides is 2. The van der Waals surface area contributed by atoms with Gasteiger partial charge in [0.25, 0.3) is 0 Å². The Morgan fingerprint density at radius 3 is 2.95 bits per heavy atom. The summed E-state index contributed by atoms with van der Waals surface area (Å²) in [6.07, 6.45) is 4.56. The Morgan fingerprint density at radius 1 is 1.48 bits per heavy atom. The van der Waals surface area contributed by atoms with Gasteiger partial charge in [-0.2, -0.15) is 11.8 Å². The number of rotatable bonds is 5. The van der Waals surface area contributed by atoms with Crippen LogP contribution in [-0.4, -0.2) is 30.0 Å². The van der Waals surface area contributed by atoms with Crippen molar-refractivity contribution in [3.63, 3.8) is 0 Å². The van der Waals surface area contributed by atoms with Crippen molar-refractivity contribution in [2.24, 2.45) is 5.92 Å². The molecule has 0 heterocycles. The molecule has 1 aliphatic rings. The second-order valence-corrected chi connectivity index (χ2v) is 6.61. The topological polar surface area (TPSA) is 61.4 Å². The van der Waals surface area contributed by atoms with E-state index in [1.165, 1.54) is 0 Å². The third-order valence-electron chi connectivity index (χ3n) is 3.73. The highest BCUT2D eigenvalue weighted by molar-refractivity contribution is 7.97. The third-order valence-corrected chi connectivity index (χ3v) is 4.69. The molecule has 2 atom stereocenters. The summed E-state index contributed by atoms with van der Waals surface area (Å²) in [5.74, 6) is 1.04. The van der Waals surface area contributed by atoms with Crippen LogP contribution in [0, 0.1) is 5.92 Å². The van der Waals surface area contributed by atoms with E-state index in [0.717, 1.165) is 30.6 Å². The lowest BCUT2D eigenvalue weighted by Crippen LogP contribution is -2.35. The second kappa shape index (κ2) is 7.92. The van der Waals surface area contributed by atoms with Crippen molar-refractivity contribution in [2.75, 3.05) is 18.1 Å². The van der Waals surface area contributed by atoms with E-state index in [-0.39, 0.29) is 18.1 Å². The molecule has 0 unspecified atom stereocenters. The fourth-order valence-electron chi connectivity index (χ4n) is 2.57. The van der Waals surface area contributed by atoms with Gasteiger partial charge in [0.15, 0.2) is 0 Å². The van der Waals surface area contributed by atoms with Crippen LogP contribution in [0.3, 0.4) is 0 Å². The molecule has 3 N–H and O–H groups in total. The number of benzene rings is 1. The summed E-state index contributed by atoms with van der Waals surface area (Å²) in [6.45, 7) is 0.495. The van der Waals surface area contributed by atoms with E-state index in [1.807, 2.05) is 18.4 Å². The maximum atomic E-state index is 11.9. The average Bonchev–Trinajstić information content (AvgIpc) is 2.86. The number of halogens is 1. The summed E-state index contributed by atoms with van der Waals surface area (Å²) < 4.78 is 0. The fraction of sp³-hybridized carbons (Fsp3) is 0.533. The molecule has 0 saturated heterocycles. The Bertz CT molecular complexity index is 499. The van der Waals surface area contributed by atoms with E-state index in [4.69, 9.17) is 11.6 Å². The van der Waals surface area contributed by atoms with Gasteiger partial charge in [0.05, 0.1) is 16.8 Å². The zero-order chi connectivity index (χ0) is 15.2. The van der Waals surface area contributed by atoms with Gasteiger partial charge in [-0.25, -0.2) is 4.79 Å². The standard InChI is InChI=1S/C15H21ClN2O2S/c1-21-9-10-5-6-12(16)13(7-10)18-15(20)17-8-11-3-2-4-14(11)19/h5-7,11,14,19H,2-4,8-9H2,1H3,(H2,17,18,20)/t11-,14+/m0/s1. The molecule has 4 nitrogen and oxygen atoms in total. The van der Waals surface area contributed by atoms with Gasteiger partial charge in [0.2, 0.25) is 0 Å². The molecule has 2 amide bonds. The molecule has 1 aromatic carbocycles. The lowest BCUT2D eigenvalue weighted by Gasteiger charge is -2.16. The first kappa shape index (κ1) is 16.5. The highest BCUT2D eigenvalue weighted by Crippen LogP contribution is 2.26. The molecule has 116 valence electrons. The molecule has 1 aliphatic carbocycles. The SMILES string of the molecule is CSCc1ccc(Cl)c(NC(=O)NC[C@@H]2CCC[C@H]2O)c1.